The van der Waals surface area contributed by atoms with Crippen molar-refractivity contribution in [1.82, 2.24) is 15.0 Å². The molecule has 5 rings (SSSR count). The number of anilines is 2. The normalized spacial score (nSPS) is 20.1. The van der Waals surface area contributed by atoms with E-state index in [1.54, 1.807) is 12.5 Å². The van der Waals surface area contributed by atoms with Crippen molar-refractivity contribution in [2.45, 2.75) is 24.1 Å². The van der Waals surface area contributed by atoms with Gasteiger partial charge in [0.1, 0.15) is 12.1 Å². The summed E-state index contributed by atoms with van der Waals surface area (Å²) in [7, 11) is -3.37. The summed E-state index contributed by atoms with van der Waals surface area (Å²) >= 11 is 1.25. The van der Waals surface area contributed by atoms with Gasteiger partial charge in [-0.25, -0.2) is 23.4 Å². The molecular weight excluding hydrogens is 446 g/mol. The molecule has 0 amide bonds. The Morgan fingerprint density at radius 2 is 1.97 bits per heavy atom. The van der Waals surface area contributed by atoms with Crippen molar-refractivity contribution in [2.75, 3.05) is 54.9 Å². The highest BCUT2D eigenvalue weighted by Gasteiger charge is 2.29. The van der Waals surface area contributed by atoms with Gasteiger partial charge in [0.25, 0.3) is 0 Å². The summed E-state index contributed by atoms with van der Waals surface area (Å²) in [6.07, 6.45) is 5.07. The van der Waals surface area contributed by atoms with Crippen molar-refractivity contribution in [3.63, 3.8) is 0 Å². The fourth-order valence-electron chi connectivity index (χ4n) is 4.55. The smallest absolute Gasteiger partial charge is 0.209 e. The lowest BCUT2D eigenvalue weighted by Gasteiger charge is -2.34. The Morgan fingerprint density at radius 1 is 1.12 bits per heavy atom. The van der Waals surface area contributed by atoms with Gasteiger partial charge < -0.3 is 14.5 Å². The number of hydrogen-bond donors (Lipinski definition) is 0. The Hall–Kier alpha value is -2.30. The lowest BCUT2D eigenvalue weighted by molar-refractivity contribution is 0.122. The fraction of sp³-hybridized carbons (Fsp3) is 0.500. The van der Waals surface area contributed by atoms with Crippen LogP contribution < -0.4 is 9.80 Å². The number of fused-ring (bicyclic) bond motifs is 1. The van der Waals surface area contributed by atoms with E-state index in [1.165, 1.54) is 11.3 Å². The zero-order valence-corrected chi connectivity index (χ0v) is 19.7. The first-order chi connectivity index (χ1) is 15.5. The van der Waals surface area contributed by atoms with Crippen LogP contribution in [0, 0.1) is 12.8 Å². The van der Waals surface area contributed by atoms with E-state index in [9.17, 15) is 8.42 Å². The van der Waals surface area contributed by atoms with E-state index in [-0.39, 0.29) is 16.0 Å². The Bertz CT molecular complexity index is 1210. The molecule has 0 aliphatic carbocycles. The number of aryl methyl sites for hydroxylation is 1. The van der Waals surface area contributed by atoms with Gasteiger partial charge in [-0.3, -0.25) is 0 Å². The van der Waals surface area contributed by atoms with Crippen LogP contribution in [-0.2, 0) is 14.6 Å². The molecule has 2 aliphatic rings. The summed E-state index contributed by atoms with van der Waals surface area (Å²) in [5.41, 5.74) is 2.05. The molecular formula is C22H27N5O3S2. The SMILES string of the molecule is Cc1cnc(S(=O)(=O)CC2CCCN(c3ncnc4cc(N5CCOCC5)ccc34)C2)s1. The van der Waals surface area contributed by atoms with Gasteiger partial charge in [0.2, 0.25) is 14.2 Å². The number of ether oxygens (including phenoxy) is 1. The molecule has 2 saturated heterocycles. The van der Waals surface area contributed by atoms with Crippen molar-refractivity contribution >= 4 is 43.6 Å². The second kappa shape index (κ2) is 8.92. The third kappa shape index (κ3) is 4.44. The summed E-state index contributed by atoms with van der Waals surface area (Å²) in [4.78, 5) is 18.6. The zero-order chi connectivity index (χ0) is 22.1. The van der Waals surface area contributed by atoms with E-state index < -0.39 is 9.84 Å². The third-order valence-electron chi connectivity index (χ3n) is 6.12. The predicted molar refractivity (Wildman–Crippen MR) is 126 cm³/mol. The molecule has 2 aromatic heterocycles. The molecule has 0 radical (unpaired) electrons. The van der Waals surface area contributed by atoms with Crippen LogP contribution in [0.2, 0.25) is 0 Å². The number of rotatable bonds is 5. The van der Waals surface area contributed by atoms with Crippen molar-refractivity contribution < 1.29 is 13.2 Å². The third-order valence-corrected chi connectivity index (χ3v) is 9.38. The van der Waals surface area contributed by atoms with Crippen LogP contribution in [-0.4, -0.2) is 68.5 Å². The largest absolute Gasteiger partial charge is 0.378 e. The van der Waals surface area contributed by atoms with Crippen LogP contribution in [0.4, 0.5) is 11.5 Å². The zero-order valence-electron chi connectivity index (χ0n) is 18.1. The molecule has 0 N–H and O–H groups in total. The molecule has 170 valence electrons. The summed E-state index contributed by atoms with van der Waals surface area (Å²) in [5.74, 6) is 1.06. The van der Waals surface area contributed by atoms with E-state index in [0.29, 0.717) is 6.54 Å². The molecule has 4 heterocycles. The number of thiazole rings is 1. The standard InChI is InChI=1S/C22H27N5O3S2/c1-16-12-23-22(31-16)32(28,29)14-17-3-2-6-27(13-17)21-19-5-4-18(11-20(19)24-15-25-21)26-7-9-30-10-8-26/h4-5,11-12,15,17H,2-3,6-10,13-14H2,1H3. The highest BCUT2D eigenvalue weighted by atomic mass is 32.2. The van der Waals surface area contributed by atoms with E-state index in [2.05, 4.69) is 43.0 Å². The molecule has 10 heteroatoms. The Labute approximate surface area is 192 Å². The van der Waals surface area contributed by atoms with E-state index >= 15 is 0 Å². The quantitative estimate of drug-likeness (QED) is 0.559. The average molecular weight is 474 g/mol. The van der Waals surface area contributed by atoms with E-state index in [4.69, 9.17) is 4.74 Å². The molecule has 0 saturated carbocycles. The molecule has 1 aromatic carbocycles. The van der Waals surface area contributed by atoms with Gasteiger partial charge in [0, 0.05) is 48.3 Å². The Kier molecular flexibility index (Phi) is 6.00. The summed E-state index contributed by atoms with van der Waals surface area (Å²) in [6, 6.07) is 6.33. The van der Waals surface area contributed by atoms with Crippen molar-refractivity contribution in [1.29, 1.82) is 0 Å². The van der Waals surface area contributed by atoms with Crippen LogP contribution in [0.25, 0.3) is 10.9 Å². The van der Waals surface area contributed by atoms with E-state index in [1.807, 2.05) is 6.92 Å². The van der Waals surface area contributed by atoms with Crippen LogP contribution >= 0.6 is 11.3 Å². The number of sulfone groups is 1. The van der Waals surface area contributed by atoms with Crippen LogP contribution in [0.15, 0.2) is 35.1 Å². The predicted octanol–water partition coefficient (Wildman–Crippen LogP) is 2.92. The minimum absolute atomic E-state index is 0.0515. The highest BCUT2D eigenvalue weighted by Crippen LogP contribution is 2.31. The van der Waals surface area contributed by atoms with Gasteiger partial charge in [-0.05, 0) is 43.9 Å². The van der Waals surface area contributed by atoms with Gasteiger partial charge >= 0.3 is 0 Å². The fourth-order valence-corrected chi connectivity index (χ4v) is 7.40. The van der Waals surface area contributed by atoms with Crippen LogP contribution in [0.1, 0.15) is 17.7 Å². The van der Waals surface area contributed by atoms with Gasteiger partial charge in [-0.1, -0.05) is 0 Å². The lowest BCUT2D eigenvalue weighted by atomic mass is 9.99. The van der Waals surface area contributed by atoms with Crippen molar-refractivity contribution in [3.8, 4) is 0 Å². The minimum atomic E-state index is -3.37. The number of nitrogens with zero attached hydrogens (tertiary/aromatic N) is 5. The molecule has 32 heavy (non-hydrogen) atoms. The second-order valence-corrected chi connectivity index (χ2v) is 11.9. The molecule has 1 unspecified atom stereocenters. The van der Waals surface area contributed by atoms with Gasteiger partial charge in [0.05, 0.1) is 24.5 Å². The number of aromatic nitrogens is 3. The monoisotopic (exact) mass is 473 g/mol. The molecule has 0 spiro atoms. The number of hydrogen-bond acceptors (Lipinski definition) is 9. The van der Waals surface area contributed by atoms with Gasteiger partial charge in [-0.15, -0.1) is 11.3 Å². The van der Waals surface area contributed by atoms with Gasteiger partial charge in [-0.2, -0.15) is 0 Å². The number of morpholine rings is 1. The van der Waals surface area contributed by atoms with Crippen LogP contribution in [0.3, 0.4) is 0 Å². The number of piperidine rings is 1. The van der Waals surface area contributed by atoms with E-state index in [0.717, 1.165) is 73.0 Å². The minimum Gasteiger partial charge on any atom is -0.378 e. The first-order valence-electron chi connectivity index (χ1n) is 11.0. The number of benzene rings is 1. The molecule has 2 aliphatic heterocycles. The highest BCUT2D eigenvalue weighted by molar-refractivity contribution is 7.93. The van der Waals surface area contributed by atoms with Crippen molar-refractivity contribution in [3.05, 3.63) is 35.6 Å². The lowest BCUT2D eigenvalue weighted by Crippen LogP contribution is -2.38. The first kappa shape index (κ1) is 21.5. The van der Waals surface area contributed by atoms with Crippen molar-refractivity contribution in [2.24, 2.45) is 5.92 Å². The second-order valence-electron chi connectivity index (χ2n) is 8.47. The maximum Gasteiger partial charge on any atom is 0.209 e. The molecule has 1 atom stereocenters. The summed E-state index contributed by atoms with van der Waals surface area (Å²) < 4.78 is 31.4. The maximum absolute atomic E-state index is 12.8. The molecule has 0 bridgehead atoms. The summed E-state index contributed by atoms with van der Waals surface area (Å²) in [6.45, 7) is 6.65. The van der Waals surface area contributed by atoms with Crippen LogP contribution in [0.5, 0.6) is 0 Å². The van der Waals surface area contributed by atoms with Gasteiger partial charge in [0.15, 0.2) is 0 Å². The summed E-state index contributed by atoms with van der Waals surface area (Å²) in [5, 5.41) is 1.00. The molecule has 2 fully saturated rings. The Morgan fingerprint density at radius 3 is 2.75 bits per heavy atom. The topological polar surface area (TPSA) is 88.5 Å². The average Bonchev–Trinajstić information content (AvgIpc) is 3.26. The maximum atomic E-state index is 12.8. The molecule has 3 aromatic rings. The Balaban J connectivity index is 1.36. The first-order valence-corrected chi connectivity index (χ1v) is 13.4. The molecule has 8 nitrogen and oxygen atoms in total.